The van der Waals surface area contributed by atoms with Crippen LogP contribution in [0, 0.1) is 32.1 Å². The van der Waals surface area contributed by atoms with Crippen molar-refractivity contribution in [3.05, 3.63) is 64.2 Å². The molecule has 3 nitrogen and oxygen atoms in total. The second-order valence-corrected chi connectivity index (χ2v) is 5.29. The maximum atomic E-state index is 12.1. The molecule has 1 N–H and O–H groups in total. The summed E-state index contributed by atoms with van der Waals surface area (Å²) in [6.07, 6.45) is 0.331. The van der Waals surface area contributed by atoms with Crippen LogP contribution in [0.5, 0.6) is 0 Å². The molecule has 0 aliphatic rings. The van der Waals surface area contributed by atoms with E-state index in [1.807, 2.05) is 38.1 Å². The molecule has 0 aliphatic carbocycles. The van der Waals surface area contributed by atoms with Gasteiger partial charge in [0.2, 0.25) is 5.91 Å². The predicted octanol–water partition coefficient (Wildman–Crippen LogP) is 3.66. The third kappa shape index (κ3) is 3.70. The Hall–Kier alpha value is -2.60. The Labute approximate surface area is 125 Å². The summed E-state index contributed by atoms with van der Waals surface area (Å²) in [5, 5.41) is 11.8. The van der Waals surface area contributed by atoms with E-state index < -0.39 is 0 Å². The van der Waals surface area contributed by atoms with E-state index in [1.54, 1.807) is 12.1 Å². The van der Waals surface area contributed by atoms with E-state index in [-0.39, 0.29) is 5.91 Å². The Morgan fingerprint density at radius 1 is 1.05 bits per heavy atom. The van der Waals surface area contributed by atoms with Gasteiger partial charge in [0.05, 0.1) is 18.1 Å². The number of benzene rings is 2. The van der Waals surface area contributed by atoms with Crippen molar-refractivity contribution in [2.75, 3.05) is 5.32 Å². The van der Waals surface area contributed by atoms with Gasteiger partial charge < -0.3 is 5.32 Å². The summed E-state index contributed by atoms with van der Waals surface area (Å²) in [7, 11) is 0. The molecular weight excluding hydrogens is 260 g/mol. The molecule has 0 spiro atoms. The first kappa shape index (κ1) is 14.8. The topological polar surface area (TPSA) is 52.9 Å². The number of rotatable bonds is 3. The fourth-order valence-electron chi connectivity index (χ4n) is 2.12. The van der Waals surface area contributed by atoms with Gasteiger partial charge in [0.25, 0.3) is 0 Å². The number of carbonyl (C=O) groups is 1. The Balaban J connectivity index is 2.11. The van der Waals surface area contributed by atoms with Crippen LogP contribution in [-0.2, 0) is 11.2 Å². The molecule has 0 atom stereocenters. The number of aryl methyl sites for hydroxylation is 3. The average molecular weight is 278 g/mol. The van der Waals surface area contributed by atoms with Gasteiger partial charge in [-0.3, -0.25) is 4.79 Å². The number of anilines is 1. The number of hydrogen-bond donors (Lipinski definition) is 1. The lowest BCUT2D eigenvalue weighted by Gasteiger charge is -2.09. The largest absolute Gasteiger partial charge is 0.326 e. The summed E-state index contributed by atoms with van der Waals surface area (Å²) in [6, 6.07) is 13.4. The normalized spacial score (nSPS) is 10.0. The molecule has 0 saturated carbocycles. The average Bonchev–Trinajstić information content (AvgIpc) is 2.45. The zero-order chi connectivity index (χ0) is 15.4. The first-order chi connectivity index (χ1) is 9.99. The summed E-state index contributed by atoms with van der Waals surface area (Å²) in [6.45, 7) is 6.00. The van der Waals surface area contributed by atoms with Gasteiger partial charge in [-0.2, -0.15) is 5.26 Å². The Bertz CT molecular complexity index is 726. The van der Waals surface area contributed by atoms with Gasteiger partial charge in [0.15, 0.2) is 0 Å². The van der Waals surface area contributed by atoms with Gasteiger partial charge in [-0.25, -0.2) is 0 Å². The summed E-state index contributed by atoms with van der Waals surface area (Å²) in [4.78, 5) is 12.1. The van der Waals surface area contributed by atoms with Crippen LogP contribution in [0.3, 0.4) is 0 Å². The van der Waals surface area contributed by atoms with Gasteiger partial charge in [-0.1, -0.05) is 24.3 Å². The maximum absolute atomic E-state index is 12.1. The number of amides is 1. The molecule has 2 aromatic rings. The highest BCUT2D eigenvalue weighted by Crippen LogP contribution is 2.17. The second kappa shape index (κ2) is 6.23. The zero-order valence-electron chi connectivity index (χ0n) is 12.5. The van der Waals surface area contributed by atoms with Crippen LogP contribution in [0.1, 0.15) is 27.8 Å². The van der Waals surface area contributed by atoms with Crippen LogP contribution < -0.4 is 5.32 Å². The smallest absolute Gasteiger partial charge is 0.228 e. The van der Waals surface area contributed by atoms with Crippen molar-refractivity contribution in [2.24, 2.45) is 0 Å². The van der Waals surface area contributed by atoms with E-state index in [2.05, 4.69) is 18.3 Å². The fourth-order valence-corrected chi connectivity index (χ4v) is 2.12. The molecule has 106 valence electrons. The molecule has 2 rings (SSSR count). The molecule has 0 fully saturated rings. The molecule has 0 saturated heterocycles. The lowest BCUT2D eigenvalue weighted by molar-refractivity contribution is -0.115. The van der Waals surface area contributed by atoms with Crippen molar-refractivity contribution in [2.45, 2.75) is 27.2 Å². The van der Waals surface area contributed by atoms with Crippen LogP contribution in [0.4, 0.5) is 5.69 Å². The van der Waals surface area contributed by atoms with Crippen LogP contribution >= 0.6 is 0 Å². The van der Waals surface area contributed by atoms with Crippen LogP contribution in [0.15, 0.2) is 36.4 Å². The van der Waals surface area contributed by atoms with Gasteiger partial charge in [-0.05, 0) is 55.2 Å². The third-order valence-electron chi connectivity index (χ3n) is 3.58. The molecule has 0 heterocycles. The molecule has 21 heavy (non-hydrogen) atoms. The molecule has 0 aromatic heterocycles. The SMILES string of the molecule is Cc1ccc(CC(=O)Nc2cc(C#N)ccc2C)cc1C. The molecule has 3 heteroatoms. The standard InChI is InChI=1S/C18H18N2O/c1-12-4-6-15(8-14(12)3)10-18(21)20-17-9-16(11-19)7-5-13(17)2/h4-9H,10H2,1-3H3,(H,20,21). The van der Waals surface area contributed by atoms with Gasteiger partial charge >= 0.3 is 0 Å². The Morgan fingerprint density at radius 2 is 1.76 bits per heavy atom. The number of carbonyl (C=O) groups excluding carboxylic acids is 1. The summed E-state index contributed by atoms with van der Waals surface area (Å²) in [5.74, 6) is -0.0727. The van der Waals surface area contributed by atoms with Crippen molar-refractivity contribution in [3.8, 4) is 6.07 Å². The molecule has 0 aliphatic heterocycles. The molecular formula is C18H18N2O. The highest BCUT2D eigenvalue weighted by atomic mass is 16.1. The number of nitriles is 1. The van der Waals surface area contributed by atoms with Crippen LogP contribution in [0.2, 0.25) is 0 Å². The molecule has 1 amide bonds. The quantitative estimate of drug-likeness (QED) is 0.931. The van der Waals surface area contributed by atoms with Crippen LogP contribution in [-0.4, -0.2) is 5.91 Å². The van der Waals surface area contributed by atoms with Crippen molar-refractivity contribution in [1.82, 2.24) is 0 Å². The van der Waals surface area contributed by atoms with Gasteiger partial charge in [0.1, 0.15) is 0 Å². The van der Waals surface area contributed by atoms with E-state index in [0.29, 0.717) is 17.7 Å². The Kier molecular flexibility index (Phi) is 4.39. The van der Waals surface area contributed by atoms with Crippen molar-refractivity contribution in [3.63, 3.8) is 0 Å². The highest BCUT2D eigenvalue weighted by molar-refractivity contribution is 5.93. The molecule has 0 radical (unpaired) electrons. The fraction of sp³-hybridized carbons (Fsp3) is 0.222. The lowest BCUT2D eigenvalue weighted by atomic mass is 10.0. The van der Waals surface area contributed by atoms with Crippen molar-refractivity contribution >= 4 is 11.6 Å². The highest BCUT2D eigenvalue weighted by Gasteiger charge is 2.07. The predicted molar refractivity (Wildman–Crippen MR) is 84.1 cm³/mol. The monoisotopic (exact) mass is 278 g/mol. The summed E-state index contributed by atoms with van der Waals surface area (Å²) >= 11 is 0. The molecule has 0 bridgehead atoms. The minimum absolute atomic E-state index is 0.0727. The van der Waals surface area contributed by atoms with Crippen molar-refractivity contribution < 1.29 is 4.79 Å². The lowest BCUT2D eigenvalue weighted by Crippen LogP contribution is -2.15. The van der Waals surface area contributed by atoms with E-state index in [9.17, 15) is 4.79 Å². The second-order valence-electron chi connectivity index (χ2n) is 5.29. The number of nitrogens with one attached hydrogen (secondary N) is 1. The molecule has 0 unspecified atom stereocenters. The Morgan fingerprint density at radius 3 is 2.43 bits per heavy atom. The van der Waals surface area contributed by atoms with Crippen LogP contribution in [0.25, 0.3) is 0 Å². The minimum Gasteiger partial charge on any atom is -0.326 e. The van der Waals surface area contributed by atoms with Crippen molar-refractivity contribution in [1.29, 1.82) is 5.26 Å². The number of nitrogens with zero attached hydrogens (tertiary/aromatic N) is 1. The van der Waals surface area contributed by atoms with E-state index in [4.69, 9.17) is 5.26 Å². The van der Waals surface area contributed by atoms with E-state index in [1.165, 1.54) is 11.1 Å². The minimum atomic E-state index is -0.0727. The van der Waals surface area contributed by atoms with Gasteiger partial charge in [-0.15, -0.1) is 0 Å². The first-order valence-corrected chi connectivity index (χ1v) is 6.86. The third-order valence-corrected chi connectivity index (χ3v) is 3.58. The number of hydrogen-bond acceptors (Lipinski definition) is 2. The van der Waals surface area contributed by atoms with E-state index >= 15 is 0 Å². The summed E-state index contributed by atoms with van der Waals surface area (Å²) in [5.41, 5.74) is 5.58. The maximum Gasteiger partial charge on any atom is 0.228 e. The zero-order valence-corrected chi connectivity index (χ0v) is 12.5. The molecule has 2 aromatic carbocycles. The van der Waals surface area contributed by atoms with E-state index in [0.717, 1.165) is 11.1 Å². The first-order valence-electron chi connectivity index (χ1n) is 6.86. The van der Waals surface area contributed by atoms with Gasteiger partial charge in [0, 0.05) is 5.69 Å². The summed E-state index contributed by atoms with van der Waals surface area (Å²) < 4.78 is 0.